The number of carbonyl (C=O) groups is 1. The van der Waals surface area contributed by atoms with E-state index in [0.717, 1.165) is 29.7 Å². The molecule has 1 aromatic heterocycles. The van der Waals surface area contributed by atoms with Crippen LogP contribution in [-0.4, -0.2) is 36.2 Å². The third-order valence-corrected chi connectivity index (χ3v) is 6.99. The monoisotopic (exact) mass is 412 g/mol. The van der Waals surface area contributed by atoms with Crippen LogP contribution in [0, 0.1) is 0 Å². The summed E-state index contributed by atoms with van der Waals surface area (Å²) in [5.41, 5.74) is 2.96. The predicted octanol–water partition coefficient (Wildman–Crippen LogP) is 3.17. The Morgan fingerprint density at radius 3 is 2.76 bits per heavy atom. The third-order valence-electron chi connectivity index (χ3n) is 5.12. The molecule has 1 saturated heterocycles. The van der Waals surface area contributed by atoms with Crippen molar-refractivity contribution in [2.75, 3.05) is 21.9 Å². The fourth-order valence-corrected chi connectivity index (χ4v) is 5.36. The number of sulfonamides is 1. The highest BCUT2D eigenvalue weighted by atomic mass is 32.2. The highest BCUT2D eigenvalue weighted by Crippen LogP contribution is 2.26. The number of hydrogen-bond donors (Lipinski definition) is 1. The fraction of sp³-hybridized carbons (Fsp3) is 0.333. The van der Waals surface area contributed by atoms with Crippen molar-refractivity contribution < 1.29 is 13.2 Å². The summed E-state index contributed by atoms with van der Waals surface area (Å²) in [6.07, 6.45) is 2.25. The number of benzene rings is 2. The number of imidazole rings is 1. The number of nitrogens with zero attached hydrogens (tertiary/aromatic N) is 3. The number of fused-ring (bicyclic) bond motifs is 1. The predicted molar refractivity (Wildman–Crippen MR) is 115 cm³/mol. The molecule has 1 aliphatic rings. The Morgan fingerprint density at radius 1 is 1.14 bits per heavy atom. The van der Waals surface area contributed by atoms with Gasteiger partial charge in [0.1, 0.15) is 12.4 Å². The van der Waals surface area contributed by atoms with Gasteiger partial charge in [0.05, 0.1) is 22.5 Å². The lowest BCUT2D eigenvalue weighted by molar-refractivity contribution is -0.116. The molecule has 1 N–H and O–H groups in total. The van der Waals surface area contributed by atoms with Gasteiger partial charge in [-0.15, -0.1) is 0 Å². The van der Waals surface area contributed by atoms with E-state index in [4.69, 9.17) is 0 Å². The molecule has 1 fully saturated rings. The summed E-state index contributed by atoms with van der Waals surface area (Å²) < 4.78 is 28.1. The van der Waals surface area contributed by atoms with Crippen LogP contribution in [0.15, 0.2) is 48.5 Å². The van der Waals surface area contributed by atoms with Crippen LogP contribution in [0.5, 0.6) is 0 Å². The van der Waals surface area contributed by atoms with Gasteiger partial charge in [0.2, 0.25) is 15.9 Å². The fourth-order valence-electron chi connectivity index (χ4n) is 3.73. The van der Waals surface area contributed by atoms with Gasteiger partial charge in [0.15, 0.2) is 0 Å². The van der Waals surface area contributed by atoms with Crippen molar-refractivity contribution in [1.82, 2.24) is 9.55 Å². The number of aromatic nitrogens is 2. The Hall–Kier alpha value is -2.87. The molecule has 0 bridgehead atoms. The van der Waals surface area contributed by atoms with Gasteiger partial charge in [-0.25, -0.2) is 13.4 Å². The van der Waals surface area contributed by atoms with E-state index in [9.17, 15) is 13.2 Å². The highest BCUT2D eigenvalue weighted by Gasteiger charge is 2.26. The first kappa shape index (κ1) is 19.4. The van der Waals surface area contributed by atoms with E-state index in [-0.39, 0.29) is 18.2 Å². The Bertz CT molecular complexity index is 1150. The lowest BCUT2D eigenvalue weighted by Crippen LogP contribution is -2.37. The number of hydrogen-bond acceptors (Lipinski definition) is 4. The molecule has 0 atom stereocenters. The van der Waals surface area contributed by atoms with E-state index in [2.05, 4.69) is 10.3 Å². The van der Waals surface area contributed by atoms with E-state index in [1.165, 1.54) is 4.31 Å². The summed E-state index contributed by atoms with van der Waals surface area (Å²) in [6.45, 7) is 2.63. The first-order chi connectivity index (χ1) is 14.0. The zero-order valence-corrected chi connectivity index (χ0v) is 17.2. The maximum absolute atomic E-state index is 12.7. The van der Waals surface area contributed by atoms with E-state index in [0.29, 0.717) is 24.3 Å². The van der Waals surface area contributed by atoms with Gasteiger partial charge in [-0.3, -0.25) is 9.10 Å². The van der Waals surface area contributed by atoms with Gasteiger partial charge in [0.25, 0.3) is 0 Å². The quantitative estimate of drug-likeness (QED) is 0.698. The molecular weight excluding hydrogens is 388 g/mol. The zero-order chi connectivity index (χ0) is 20.4. The summed E-state index contributed by atoms with van der Waals surface area (Å²) in [7, 11) is -3.29. The van der Waals surface area contributed by atoms with Crippen LogP contribution in [-0.2, 0) is 27.8 Å². The van der Waals surface area contributed by atoms with E-state index < -0.39 is 10.0 Å². The number of amides is 1. The molecule has 0 unspecified atom stereocenters. The van der Waals surface area contributed by atoms with Gasteiger partial charge in [0, 0.05) is 18.7 Å². The van der Waals surface area contributed by atoms with Crippen LogP contribution >= 0.6 is 0 Å². The second-order valence-electron chi connectivity index (χ2n) is 7.15. The zero-order valence-electron chi connectivity index (χ0n) is 16.3. The van der Waals surface area contributed by atoms with Crippen LogP contribution in [0.1, 0.15) is 25.6 Å². The molecule has 0 radical (unpaired) electrons. The van der Waals surface area contributed by atoms with Crippen molar-refractivity contribution in [2.24, 2.45) is 0 Å². The summed E-state index contributed by atoms with van der Waals surface area (Å²) in [5, 5.41) is 2.89. The van der Waals surface area contributed by atoms with Crippen LogP contribution in [0.2, 0.25) is 0 Å². The van der Waals surface area contributed by atoms with E-state index in [1.807, 2.05) is 35.8 Å². The van der Waals surface area contributed by atoms with Crippen molar-refractivity contribution in [1.29, 1.82) is 0 Å². The summed E-state index contributed by atoms with van der Waals surface area (Å²) in [6, 6.07) is 14.8. The SMILES string of the molecule is CCc1nc2ccccc2n1CC(=O)Nc1cccc(N2CCCCS2(=O)=O)c1. The minimum absolute atomic E-state index is 0.149. The number of rotatable bonds is 5. The molecule has 1 aliphatic heterocycles. The second kappa shape index (κ2) is 7.87. The molecule has 1 amide bonds. The molecule has 3 aromatic rings. The molecule has 0 saturated carbocycles. The van der Waals surface area contributed by atoms with E-state index in [1.54, 1.807) is 24.3 Å². The van der Waals surface area contributed by atoms with Gasteiger partial charge in [-0.1, -0.05) is 25.1 Å². The van der Waals surface area contributed by atoms with Gasteiger partial charge < -0.3 is 9.88 Å². The molecule has 0 aliphatic carbocycles. The molecular formula is C21H24N4O3S. The molecule has 4 rings (SSSR count). The van der Waals surface area contributed by atoms with Crippen molar-refractivity contribution in [2.45, 2.75) is 32.7 Å². The minimum Gasteiger partial charge on any atom is -0.324 e. The number of carbonyl (C=O) groups excluding carboxylic acids is 1. The minimum atomic E-state index is -3.29. The van der Waals surface area contributed by atoms with Crippen LogP contribution in [0.25, 0.3) is 11.0 Å². The van der Waals surface area contributed by atoms with E-state index >= 15 is 0 Å². The van der Waals surface area contributed by atoms with Crippen molar-refractivity contribution in [3.63, 3.8) is 0 Å². The normalized spacial score (nSPS) is 16.1. The summed E-state index contributed by atoms with van der Waals surface area (Å²) in [4.78, 5) is 17.3. The average molecular weight is 413 g/mol. The third kappa shape index (κ3) is 3.98. The first-order valence-corrected chi connectivity index (χ1v) is 11.4. The lowest BCUT2D eigenvalue weighted by atomic mass is 10.2. The van der Waals surface area contributed by atoms with Crippen LogP contribution in [0.4, 0.5) is 11.4 Å². The van der Waals surface area contributed by atoms with Crippen LogP contribution < -0.4 is 9.62 Å². The molecule has 2 heterocycles. The van der Waals surface area contributed by atoms with Gasteiger partial charge >= 0.3 is 0 Å². The standard InChI is InChI=1S/C21H24N4O3S/c1-2-20-23-18-10-3-4-11-19(18)24(20)15-21(26)22-16-8-7-9-17(14-16)25-12-5-6-13-29(25,27)28/h3-4,7-11,14H,2,5-6,12-13,15H2,1H3,(H,22,26). The summed E-state index contributed by atoms with van der Waals surface area (Å²) >= 11 is 0. The molecule has 8 heteroatoms. The smallest absolute Gasteiger partial charge is 0.244 e. The lowest BCUT2D eigenvalue weighted by Gasteiger charge is -2.28. The van der Waals surface area contributed by atoms with Crippen molar-refractivity contribution in [3.8, 4) is 0 Å². The molecule has 2 aromatic carbocycles. The van der Waals surface area contributed by atoms with Crippen molar-refractivity contribution >= 4 is 38.3 Å². The Balaban J connectivity index is 1.54. The summed E-state index contributed by atoms with van der Waals surface area (Å²) in [5.74, 6) is 0.841. The van der Waals surface area contributed by atoms with Gasteiger partial charge in [-0.2, -0.15) is 0 Å². The Kier molecular flexibility index (Phi) is 5.27. The Labute approximate surface area is 170 Å². The largest absolute Gasteiger partial charge is 0.324 e. The number of anilines is 2. The average Bonchev–Trinajstić information content (AvgIpc) is 3.05. The Morgan fingerprint density at radius 2 is 1.97 bits per heavy atom. The second-order valence-corrected chi connectivity index (χ2v) is 9.16. The van der Waals surface area contributed by atoms with Crippen molar-refractivity contribution in [3.05, 3.63) is 54.4 Å². The number of aryl methyl sites for hydroxylation is 1. The topological polar surface area (TPSA) is 84.3 Å². The first-order valence-electron chi connectivity index (χ1n) is 9.82. The molecule has 7 nitrogen and oxygen atoms in total. The maximum atomic E-state index is 12.7. The highest BCUT2D eigenvalue weighted by molar-refractivity contribution is 7.92. The number of para-hydroxylation sites is 2. The molecule has 0 spiro atoms. The molecule has 29 heavy (non-hydrogen) atoms. The van der Waals surface area contributed by atoms with Crippen LogP contribution in [0.3, 0.4) is 0 Å². The number of nitrogens with one attached hydrogen (secondary N) is 1. The molecule has 152 valence electrons. The maximum Gasteiger partial charge on any atom is 0.244 e. The van der Waals surface area contributed by atoms with Gasteiger partial charge in [-0.05, 0) is 43.2 Å².